The molecule has 0 unspecified atom stereocenters. The second-order valence-electron chi connectivity index (χ2n) is 3.52. The van der Waals surface area contributed by atoms with E-state index in [0.29, 0.717) is 6.04 Å². The molecular formula is C10H19NO. The van der Waals surface area contributed by atoms with E-state index in [0.717, 1.165) is 5.70 Å². The van der Waals surface area contributed by atoms with E-state index in [-0.39, 0.29) is 11.7 Å². The highest BCUT2D eigenvalue weighted by atomic mass is 16.1. The van der Waals surface area contributed by atoms with Crippen LogP contribution in [0.1, 0.15) is 34.6 Å². The van der Waals surface area contributed by atoms with Gasteiger partial charge in [-0.05, 0) is 20.8 Å². The summed E-state index contributed by atoms with van der Waals surface area (Å²) in [5.74, 6) is 0.258. The van der Waals surface area contributed by atoms with Gasteiger partial charge in [0.2, 0.25) is 0 Å². The minimum atomic E-state index is 0.0717. The van der Waals surface area contributed by atoms with Gasteiger partial charge in [-0.25, -0.2) is 0 Å². The lowest BCUT2D eigenvalue weighted by Crippen LogP contribution is -2.29. The zero-order valence-electron chi connectivity index (χ0n) is 8.64. The Morgan fingerprint density at radius 2 is 1.75 bits per heavy atom. The van der Waals surface area contributed by atoms with E-state index in [4.69, 9.17) is 0 Å². The van der Waals surface area contributed by atoms with Gasteiger partial charge >= 0.3 is 0 Å². The lowest BCUT2D eigenvalue weighted by Gasteiger charge is -2.14. The minimum Gasteiger partial charge on any atom is -0.380 e. The molecule has 2 nitrogen and oxygen atoms in total. The fourth-order valence-corrected chi connectivity index (χ4v) is 0.919. The molecular weight excluding hydrogens is 150 g/mol. The third kappa shape index (κ3) is 3.56. The molecule has 1 N–H and O–H groups in total. The van der Waals surface area contributed by atoms with Crippen molar-refractivity contribution < 1.29 is 4.79 Å². The lowest BCUT2D eigenvalue weighted by atomic mass is 10.1. The number of carbonyl (C=O) groups excluding carboxylic acids is 1. The molecule has 0 radical (unpaired) electrons. The van der Waals surface area contributed by atoms with Crippen LogP contribution in [0.5, 0.6) is 0 Å². The van der Waals surface area contributed by atoms with Crippen molar-refractivity contribution in [1.29, 1.82) is 0 Å². The van der Waals surface area contributed by atoms with Crippen LogP contribution >= 0.6 is 0 Å². The highest BCUT2D eigenvalue weighted by Gasteiger charge is 2.12. The molecule has 0 aromatic carbocycles. The minimum absolute atomic E-state index is 0.0717. The van der Waals surface area contributed by atoms with E-state index in [9.17, 15) is 4.79 Å². The summed E-state index contributed by atoms with van der Waals surface area (Å²) in [5.41, 5.74) is 0.736. The maximum atomic E-state index is 11.5. The number of ketones is 1. The number of carbonyl (C=O) groups is 1. The number of Topliss-reactive ketones (excluding diaryl/α,β-unsaturated/α-hetero) is 1. The van der Waals surface area contributed by atoms with E-state index in [1.165, 1.54) is 0 Å². The van der Waals surface area contributed by atoms with Crippen LogP contribution in [0.3, 0.4) is 0 Å². The second-order valence-corrected chi connectivity index (χ2v) is 3.52. The van der Waals surface area contributed by atoms with Gasteiger partial charge in [-0.1, -0.05) is 19.9 Å². The fraction of sp³-hybridized carbons (Fsp3) is 0.700. The van der Waals surface area contributed by atoms with Gasteiger partial charge in [0.25, 0.3) is 0 Å². The first-order valence-electron chi connectivity index (χ1n) is 4.46. The summed E-state index contributed by atoms with van der Waals surface area (Å²) in [5, 5.41) is 3.12. The summed E-state index contributed by atoms with van der Waals surface area (Å²) < 4.78 is 0. The van der Waals surface area contributed by atoms with Gasteiger partial charge in [0, 0.05) is 12.0 Å². The van der Waals surface area contributed by atoms with E-state index in [2.05, 4.69) is 5.32 Å². The Hall–Kier alpha value is -0.790. The van der Waals surface area contributed by atoms with Gasteiger partial charge in [0.1, 0.15) is 0 Å². The van der Waals surface area contributed by atoms with Crippen LogP contribution in [0.25, 0.3) is 0 Å². The molecule has 0 spiro atoms. The first-order valence-corrected chi connectivity index (χ1v) is 4.46. The van der Waals surface area contributed by atoms with Crippen LogP contribution in [-0.2, 0) is 4.79 Å². The molecule has 0 rings (SSSR count). The second kappa shape index (κ2) is 4.96. The molecule has 0 aliphatic heterocycles. The normalized spacial score (nSPS) is 12.4. The van der Waals surface area contributed by atoms with Gasteiger partial charge in [-0.15, -0.1) is 0 Å². The average molecular weight is 169 g/mol. The fourth-order valence-electron chi connectivity index (χ4n) is 0.919. The summed E-state index contributed by atoms with van der Waals surface area (Å²) in [6.07, 6.45) is 1.84. The maximum absolute atomic E-state index is 11.5. The van der Waals surface area contributed by atoms with Crippen LogP contribution < -0.4 is 5.32 Å². The molecule has 0 aromatic rings. The average Bonchev–Trinajstić information content (AvgIpc) is 1.98. The predicted octanol–water partition coefficient (Wildman–Crippen LogP) is 2.11. The number of hydrogen-bond acceptors (Lipinski definition) is 2. The van der Waals surface area contributed by atoms with Crippen molar-refractivity contribution in [2.24, 2.45) is 5.92 Å². The zero-order chi connectivity index (χ0) is 9.72. The van der Waals surface area contributed by atoms with E-state index in [1.807, 2.05) is 40.7 Å². The van der Waals surface area contributed by atoms with Crippen LogP contribution in [0, 0.1) is 5.92 Å². The molecule has 70 valence electrons. The molecule has 0 aliphatic rings. The molecule has 0 bridgehead atoms. The van der Waals surface area contributed by atoms with Gasteiger partial charge in [0.15, 0.2) is 5.78 Å². The number of allylic oxidation sites excluding steroid dienone is 2. The summed E-state index contributed by atoms with van der Waals surface area (Å²) in [6.45, 7) is 9.75. The van der Waals surface area contributed by atoms with Crippen molar-refractivity contribution >= 4 is 5.78 Å². The predicted molar refractivity (Wildman–Crippen MR) is 51.9 cm³/mol. The molecule has 0 atom stereocenters. The van der Waals surface area contributed by atoms with Crippen LogP contribution in [0.4, 0.5) is 0 Å². The van der Waals surface area contributed by atoms with E-state index < -0.39 is 0 Å². The Morgan fingerprint density at radius 1 is 1.25 bits per heavy atom. The Morgan fingerprint density at radius 3 is 2.00 bits per heavy atom. The molecule has 0 aromatic heterocycles. The molecule has 0 heterocycles. The topological polar surface area (TPSA) is 29.1 Å². The summed E-state index contributed by atoms with van der Waals surface area (Å²) >= 11 is 0. The Bertz CT molecular complexity index is 180. The lowest BCUT2D eigenvalue weighted by molar-refractivity contribution is -0.118. The molecule has 0 aliphatic carbocycles. The molecule has 0 amide bonds. The summed E-state index contributed by atoms with van der Waals surface area (Å²) in [4.78, 5) is 11.5. The highest BCUT2D eigenvalue weighted by Crippen LogP contribution is 2.03. The Balaban J connectivity index is 4.28. The van der Waals surface area contributed by atoms with Gasteiger partial charge < -0.3 is 5.32 Å². The van der Waals surface area contributed by atoms with Crippen LogP contribution in [0.15, 0.2) is 11.8 Å². The Kier molecular flexibility index (Phi) is 4.64. The Labute approximate surface area is 75.0 Å². The quantitative estimate of drug-likeness (QED) is 0.653. The van der Waals surface area contributed by atoms with Crippen molar-refractivity contribution in [2.75, 3.05) is 0 Å². The van der Waals surface area contributed by atoms with Gasteiger partial charge in [-0.3, -0.25) is 4.79 Å². The largest absolute Gasteiger partial charge is 0.380 e. The number of nitrogens with one attached hydrogen (secondary N) is 1. The van der Waals surface area contributed by atoms with Crippen molar-refractivity contribution in [3.8, 4) is 0 Å². The number of rotatable bonds is 4. The maximum Gasteiger partial charge on any atom is 0.180 e. The molecule has 0 saturated heterocycles. The number of hydrogen-bond donors (Lipinski definition) is 1. The molecule has 0 saturated carbocycles. The molecule has 0 fully saturated rings. The monoisotopic (exact) mass is 169 g/mol. The third-order valence-corrected chi connectivity index (χ3v) is 1.52. The van der Waals surface area contributed by atoms with E-state index >= 15 is 0 Å². The smallest absolute Gasteiger partial charge is 0.180 e. The standard InChI is InChI=1S/C10H19NO/c1-6-9(11-8(4)5)10(12)7(2)3/h6-8,11H,1-5H3. The zero-order valence-corrected chi connectivity index (χ0v) is 8.64. The van der Waals surface area contributed by atoms with Gasteiger partial charge in [-0.2, -0.15) is 0 Å². The highest BCUT2D eigenvalue weighted by molar-refractivity contribution is 5.96. The van der Waals surface area contributed by atoms with E-state index in [1.54, 1.807) is 0 Å². The van der Waals surface area contributed by atoms with Crippen molar-refractivity contribution in [3.63, 3.8) is 0 Å². The SMILES string of the molecule is CC=C(NC(C)C)C(=O)C(C)C. The molecule has 2 heteroatoms. The third-order valence-electron chi connectivity index (χ3n) is 1.52. The molecule has 12 heavy (non-hydrogen) atoms. The van der Waals surface area contributed by atoms with Crippen LogP contribution in [0.2, 0.25) is 0 Å². The van der Waals surface area contributed by atoms with Gasteiger partial charge in [0.05, 0.1) is 5.70 Å². The van der Waals surface area contributed by atoms with Crippen molar-refractivity contribution in [2.45, 2.75) is 40.7 Å². The van der Waals surface area contributed by atoms with Crippen molar-refractivity contribution in [1.82, 2.24) is 5.32 Å². The summed E-state index contributed by atoms with van der Waals surface area (Å²) in [6, 6.07) is 0.318. The van der Waals surface area contributed by atoms with Crippen LogP contribution in [-0.4, -0.2) is 11.8 Å². The van der Waals surface area contributed by atoms with Crippen molar-refractivity contribution in [3.05, 3.63) is 11.8 Å². The first-order chi connectivity index (χ1) is 5.49. The summed E-state index contributed by atoms with van der Waals surface area (Å²) in [7, 11) is 0. The first kappa shape index (κ1) is 11.2.